The summed E-state index contributed by atoms with van der Waals surface area (Å²) in [5.74, 6) is 0. The number of benzene rings is 10. The predicted octanol–water partition coefficient (Wildman–Crippen LogP) is 15.3. The SMILES string of the molecule is CC(C)(C)c1cc2ccc3c4cc(c5ccc(c1)c2c35)N(c1ccccc1-c1ccccc1)c1cccc(c1)[Si](C)(C)c1cccc(c1)N4c1ccccc1-c1ccccc1. The van der Waals surface area contributed by atoms with Crippen LogP contribution in [0.15, 0.2) is 200 Å². The minimum atomic E-state index is -2.24. The van der Waals surface area contributed by atoms with Crippen molar-refractivity contribution in [3.05, 3.63) is 206 Å². The van der Waals surface area contributed by atoms with Crippen LogP contribution < -0.4 is 20.2 Å². The summed E-state index contributed by atoms with van der Waals surface area (Å²) >= 11 is 0. The maximum Gasteiger partial charge on any atom is 0.112 e. The molecule has 10 aromatic rings. The highest BCUT2D eigenvalue weighted by molar-refractivity contribution is 7.00. The summed E-state index contributed by atoms with van der Waals surface area (Å²) in [5, 5.41) is 10.4. The zero-order valence-electron chi connectivity index (χ0n) is 35.4. The van der Waals surface area contributed by atoms with Gasteiger partial charge in [-0.15, -0.1) is 0 Å². The van der Waals surface area contributed by atoms with Crippen LogP contribution >= 0.6 is 0 Å². The fraction of sp³-hybridized carbons (Fsp3) is 0.103. The second-order valence-corrected chi connectivity index (χ2v) is 22.6. The molecule has 2 nitrogen and oxygen atoms in total. The van der Waals surface area contributed by atoms with Crippen molar-refractivity contribution in [2.24, 2.45) is 0 Å². The predicted molar refractivity (Wildman–Crippen MR) is 266 cm³/mol. The number of anilines is 6. The number of para-hydroxylation sites is 2. The van der Waals surface area contributed by atoms with Crippen molar-refractivity contribution >= 4 is 84.9 Å². The molecule has 0 aliphatic carbocycles. The molecule has 1 aliphatic heterocycles. The molecular weight excluding hydrogens is 753 g/mol. The molecule has 1 aliphatic rings. The molecule has 0 N–H and O–H groups in total. The van der Waals surface area contributed by atoms with Gasteiger partial charge in [0, 0.05) is 38.7 Å². The van der Waals surface area contributed by atoms with E-state index in [0.717, 1.165) is 34.1 Å². The van der Waals surface area contributed by atoms with E-state index in [1.54, 1.807) is 0 Å². The fourth-order valence-corrected chi connectivity index (χ4v) is 12.2. The second kappa shape index (κ2) is 14.1. The van der Waals surface area contributed by atoms with Gasteiger partial charge in [0.15, 0.2) is 0 Å². The van der Waals surface area contributed by atoms with Crippen molar-refractivity contribution in [1.29, 1.82) is 0 Å². The Hall–Kier alpha value is -6.94. The van der Waals surface area contributed by atoms with Crippen LogP contribution in [-0.4, -0.2) is 8.07 Å². The van der Waals surface area contributed by atoms with E-state index < -0.39 is 8.07 Å². The van der Waals surface area contributed by atoms with Gasteiger partial charge in [-0.3, -0.25) is 0 Å². The number of rotatable bonds is 4. The van der Waals surface area contributed by atoms with Crippen LogP contribution in [0.1, 0.15) is 26.3 Å². The molecule has 1 heterocycles. The largest absolute Gasteiger partial charge is 0.309 e. The topological polar surface area (TPSA) is 6.48 Å². The normalized spacial score (nSPS) is 13.7. The van der Waals surface area contributed by atoms with Crippen molar-refractivity contribution in [2.75, 3.05) is 9.80 Å². The Labute approximate surface area is 360 Å². The van der Waals surface area contributed by atoms with Crippen LogP contribution in [0.5, 0.6) is 0 Å². The molecule has 0 saturated carbocycles. The van der Waals surface area contributed by atoms with Crippen molar-refractivity contribution in [2.45, 2.75) is 39.3 Å². The smallest absolute Gasteiger partial charge is 0.112 e. The van der Waals surface area contributed by atoms with E-state index in [1.165, 1.54) is 70.5 Å². The Balaban J connectivity index is 1.34. The average Bonchev–Trinajstić information content (AvgIpc) is 3.29. The summed E-state index contributed by atoms with van der Waals surface area (Å²) in [6, 6.07) is 75.4. The first-order valence-electron chi connectivity index (χ1n) is 21.5. The van der Waals surface area contributed by atoms with Crippen molar-refractivity contribution < 1.29 is 0 Å². The lowest BCUT2D eigenvalue weighted by Crippen LogP contribution is -2.53. The molecule has 11 rings (SSSR count). The van der Waals surface area contributed by atoms with Crippen molar-refractivity contribution in [1.82, 2.24) is 0 Å². The molecule has 0 unspecified atom stereocenters. The zero-order valence-corrected chi connectivity index (χ0v) is 36.4. The van der Waals surface area contributed by atoms with Gasteiger partial charge in [-0.25, -0.2) is 0 Å². The number of nitrogens with zero attached hydrogens (tertiary/aromatic N) is 2. The highest BCUT2D eigenvalue weighted by Gasteiger charge is 2.32. The maximum absolute atomic E-state index is 2.56. The third-order valence-corrected chi connectivity index (χ3v) is 16.6. The van der Waals surface area contributed by atoms with Crippen molar-refractivity contribution in [3.8, 4) is 22.3 Å². The standard InChI is InChI=1S/C58H48N2Si/c1-58(2,3)43-34-41-30-32-50-54-38-55(51-33-31-42(35-43)56(41)57(50)51)60(53-29-15-13-27-49(53)40-20-10-7-11-21-40)45-23-17-25-47(37-45)61(4,5)46-24-16-22-44(36-46)59(54)52-28-14-12-26-48(52)39-18-8-6-9-19-39/h6-38H,1-5H3. The van der Waals surface area contributed by atoms with Crippen LogP contribution in [0.3, 0.4) is 0 Å². The molecule has 0 aromatic heterocycles. The van der Waals surface area contributed by atoms with E-state index in [4.69, 9.17) is 0 Å². The molecule has 6 bridgehead atoms. The molecule has 0 radical (unpaired) electrons. The molecule has 0 atom stereocenters. The minimum absolute atomic E-state index is 0.0115. The van der Waals surface area contributed by atoms with Crippen LogP contribution in [-0.2, 0) is 5.41 Å². The van der Waals surface area contributed by atoms with E-state index in [-0.39, 0.29) is 5.41 Å². The number of fused-ring (bicyclic) bond motifs is 8. The summed E-state index contributed by atoms with van der Waals surface area (Å²) in [6.07, 6.45) is 0. The Kier molecular flexibility index (Phi) is 8.56. The number of hydrogen-bond donors (Lipinski definition) is 0. The lowest BCUT2D eigenvalue weighted by Gasteiger charge is -2.36. The molecule has 0 amide bonds. The van der Waals surface area contributed by atoms with Gasteiger partial charge in [0.2, 0.25) is 0 Å². The lowest BCUT2D eigenvalue weighted by atomic mass is 9.83. The fourth-order valence-electron chi connectivity index (χ4n) is 9.79. The van der Waals surface area contributed by atoms with E-state index >= 15 is 0 Å². The highest BCUT2D eigenvalue weighted by atomic mass is 28.3. The van der Waals surface area contributed by atoms with Crippen molar-refractivity contribution in [3.63, 3.8) is 0 Å². The quantitative estimate of drug-likeness (QED) is 0.129. The molecule has 0 fully saturated rings. The third-order valence-electron chi connectivity index (χ3n) is 13.1. The third kappa shape index (κ3) is 6.06. The van der Waals surface area contributed by atoms with Gasteiger partial charge in [0.25, 0.3) is 0 Å². The van der Waals surface area contributed by atoms with Crippen LogP contribution in [0, 0.1) is 0 Å². The van der Waals surface area contributed by atoms with Gasteiger partial charge in [0.05, 0.1) is 22.7 Å². The van der Waals surface area contributed by atoms with Crippen LogP contribution in [0.2, 0.25) is 13.1 Å². The molecular formula is C58H48N2Si. The Morgan fingerprint density at radius 2 is 0.820 bits per heavy atom. The minimum Gasteiger partial charge on any atom is -0.309 e. The van der Waals surface area contributed by atoms with Crippen LogP contribution in [0.25, 0.3) is 54.6 Å². The summed E-state index contributed by atoms with van der Waals surface area (Å²) in [4.78, 5) is 5.12. The molecule has 0 saturated heterocycles. The molecule has 0 spiro atoms. The van der Waals surface area contributed by atoms with Gasteiger partial charge >= 0.3 is 0 Å². The van der Waals surface area contributed by atoms with E-state index in [1.807, 2.05) is 0 Å². The molecule has 61 heavy (non-hydrogen) atoms. The first-order valence-corrected chi connectivity index (χ1v) is 24.5. The molecule has 3 heteroatoms. The van der Waals surface area contributed by atoms with Gasteiger partial charge in [0.1, 0.15) is 8.07 Å². The van der Waals surface area contributed by atoms with Crippen LogP contribution in [0.4, 0.5) is 34.1 Å². The first-order chi connectivity index (χ1) is 29.6. The van der Waals surface area contributed by atoms with E-state index in [9.17, 15) is 0 Å². The molecule has 294 valence electrons. The summed E-state index contributed by atoms with van der Waals surface area (Å²) in [5.41, 5.74) is 13.0. The maximum atomic E-state index is 2.56. The molecule has 10 aromatic carbocycles. The number of hydrogen-bond acceptors (Lipinski definition) is 2. The Bertz CT molecular complexity index is 3070. The van der Waals surface area contributed by atoms with Gasteiger partial charge in [-0.1, -0.05) is 202 Å². The van der Waals surface area contributed by atoms with E-state index in [0.29, 0.717) is 0 Å². The summed E-state index contributed by atoms with van der Waals surface area (Å²) < 4.78 is 0. The van der Waals surface area contributed by atoms with E-state index in [2.05, 4.69) is 244 Å². The summed E-state index contributed by atoms with van der Waals surface area (Å²) in [6.45, 7) is 12.0. The monoisotopic (exact) mass is 800 g/mol. The Morgan fingerprint density at radius 3 is 1.28 bits per heavy atom. The van der Waals surface area contributed by atoms with Gasteiger partial charge in [-0.2, -0.15) is 0 Å². The zero-order chi connectivity index (χ0) is 41.5. The second-order valence-electron chi connectivity index (χ2n) is 18.2. The Morgan fingerprint density at radius 1 is 0.377 bits per heavy atom. The highest BCUT2D eigenvalue weighted by Crippen LogP contribution is 2.52. The average molecular weight is 801 g/mol. The van der Waals surface area contributed by atoms with Gasteiger partial charge in [-0.05, 0) is 80.7 Å². The van der Waals surface area contributed by atoms with Gasteiger partial charge < -0.3 is 9.80 Å². The lowest BCUT2D eigenvalue weighted by molar-refractivity contribution is 0.591. The first kappa shape index (κ1) is 37.1. The summed E-state index contributed by atoms with van der Waals surface area (Å²) in [7, 11) is -2.24.